The first-order valence-corrected chi connectivity index (χ1v) is 11.2. The summed E-state index contributed by atoms with van der Waals surface area (Å²) in [5.41, 5.74) is 0.830. The van der Waals surface area contributed by atoms with Crippen LogP contribution in [0, 0.1) is 23.7 Å². The molecule has 154 valence electrons. The Morgan fingerprint density at radius 3 is 2.62 bits per heavy atom. The number of aromatic nitrogens is 1. The molecule has 1 aromatic carbocycles. The van der Waals surface area contributed by atoms with Crippen LogP contribution >= 0.6 is 0 Å². The topological polar surface area (TPSA) is 54.3 Å². The lowest BCUT2D eigenvalue weighted by Crippen LogP contribution is -2.33. The molecule has 3 atom stereocenters. The van der Waals surface area contributed by atoms with Crippen LogP contribution in [-0.2, 0) is 11.3 Å². The van der Waals surface area contributed by atoms with Crippen molar-refractivity contribution in [2.75, 3.05) is 25.5 Å². The van der Waals surface area contributed by atoms with E-state index in [2.05, 4.69) is 17.3 Å². The van der Waals surface area contributed by atoms with Crippen LogP contribution in [0.15, 0.2) is 35.3 Å². The van der Waals surface area contributed by atoms with Gasteiger partial charge in [0.05, 0.1) is 0 Å². The SMILES string of the molecule is CN1CCC(Cn2ccc3c(NC(=O)C4C[C@@H]5CC[C@H]4C5)cccc3c2=O)CC1. The Kier molecular flexibility index (Phi) is 4.94. The first-order chi connectivity index (χ1) is 14.1. The van der Waals surface area contributed by atoms with Crippen LogP contribution in [0.1, 0.15) is 38.5 Å². The van der Waals surface area contributed by atoms with Gasteiger partial charge in [-0.3, -0.25) is 9.59 Å². The number of amides is 1. The zero-order valence-corrected chi connectivity index (χ0v) is 17.3. The van der Waals surface area contributed by atoms with Gasteiger partial charge in [0, 0.05) is 35.1 Å². The summed E-state index contributed by atoms with van der Waals surface area (Å²) in [6, 6.07) is 7.70. The highest BCUT2D eigenvalue weighted by molar-refractivity contribution is 6.02. The predicted molar refractivity (Wildman–Crippen MR) is 116 cm³/mol. The third kappa shape index (κ3) is 3.61. The van der Waals surface area contributed by atoms with Crippen molar-refractivity contribution in [3.8, 4) is 0 Å². The van der Waals surface area contributed by atoms with Gasteiger partial charge >= 0.3 is 0 Å². The van der Waals surface area contributed by atoms with Gasteiger partial charge in [0.15, 0.2) is 0 Å². The minimum Gasteiger partial charge on any atom is -0.325 e. The van der Waals surface area contributed by atoms with E-state index in [0.29, 0.717) is 17.2 Å². The molecule has 1 unspecified atom stereocenters. The molecule has 2 aromatic rings. The number of hydrogen-bond donors (Lipinski definition) is 1. The minimum absolute atomic E-state index is 0.0532. The Balaban J connectivity index is 1.36. The number of carbonyl (C=O) groups excluding carboxylic acids is 1. The predicted octanol–water partition coefficient (Wildman–Crippen LogP) is 3.72. The first kappa shape index (κ1) is 18.9. The monoisotopic (exact) mass is 393 g/mol. The van der Waals surface area contributed by atoms with Gasteiger partial charge in [0.25, 0.3) is 5.56 Å². The smallest absolute Gasteiger partial charge is 0.258 e. The molecule has 5 heteroatoms. The fourth-order valence-electron chi connectivity index (χ4n) is 5.89. The lowest BCUT2D eigenvalue weighted by Gasteiger charge is -2.29. The average Bonchev–Trinajstić information content (AvgIpc) is 3.36. The summed E-state index contributed by atoms with van der Waals surface area (Å²) in [4.78, 5) is 28.3. The summed E-state index contributed by atoms with van der Waals surface area (Å²) in [6.07, 6.45) is 8.93. The van der Waals surface area contributed by atoms with E-state index in [1.807, 2.05) is 35.0 Å². The zero-order chi connectivity index (χ0) is 20.0. The third-order valence-corrected chi connectivity index (χ3v) is 7.64. The van der Waals surface area contributed by atoms with Crippen molar-refractivity contribution >= 4 is 22.4 Å². The molecule has 1 amide bonds. The van der Waals surface area contributed by atoms with E-state index in [4.69, 9.17) is 0 Å². The van der Waals surface area contributed by atoms with Gasteiger partial charge in [-0.25, -0.2) is 0 Å². The van der Waals surface area contributed by atoms with E-state index in [-0.39, 0.29) is 17.4 Å². The normalized spacial score (nSPS) is 27.6. The highest BCUT2D eigenvalue weighted by atomic mass is 16.2. The Labute approximate surface area is 172 Å². The summed E-state index contributed by atoms with van der Waals surface area (Å²) >= 11 is 0. The fourth-order valence-corrected chi connectivity index (χ4v) is 5.89. The van der Waals surface area contributed by atoms with Crippen LogP contribution in [0.3, 0.4) is 0 Å². The van der Waals surface area contributed by atoms with Crippen molar-refractivity contribution in [1.29, 1.82) is 0 Å². The first-order valence-electron chi connectivity index (χ1n) is 11.2. The molecule has 1 saturated heterocycles. The van der Waals surface area contributed by atoms with E-state index >= 15 is 0 Å². The Morgan fingerprint density at radius 1 is 1.07 bits per heavy atom. The number of nitrogens with one attached hydrogen (secondary N) is 1. The number of piperidine rings is 1. The van der Waals surface area contributed by atoms with Crippen molar-refractivity contribution in [2.24, 2.45) is 23.7 Å². The molecule has 3 aliphatic rings. The highest BCUT2D eigenvalue weighted by Gasteiger charge is 2.43. The summed E-state index contributed by atoms with van der Waals surface area (Å²) in [5.74, 6) is 2.15. The Hall–Kier alpha value is -2.14. The number of anilines is 1. The van der Waals surface area contributed by atoms with E-state index in [0.717, 1.165) is 55.9 Å². The van der Waals surface area contributed by atoms with Gasteiger partial charge in [-0.2, -0.15) is 0 Å². The van der Waals surface area contributed by atoms with Crippen LogP contribution in [0.4, 0.5) is 5.69 Å². The van der Waals surface area contributed by atoms with Gasteiger partial charge in [0.2, 0.25) is 5.91 Å². The van der Waals surface area contributed by atoms with Crippen molar-refractivity contribution in [2.45, 2.75) is 45.1 Å². The van der Waals surface area contributed by atoms with Crippen molar-refractivity contribution in [3.05, 3.63) is 40.8 Å². The molecule has 5 nitrogen and oxygen atoms in total. The van der Waals surface area contributed by atoms with E-state index < -0.39 is 0 Å². The van der Waals surface area contributed by atoms with Crippen LogP contribution in [0.25, 0.3) is 10.8 Å². The number of benzene rings is 1. The van der Waals surface area contributed by atoms with Gasteiger partial charge in [-0.1, -0.05) is 12.5 Å². The summed E-state index contributed by atoms with van der Waals surface area (Å²) in [7, 11) is 2.16. The molecular formula is C24H31N3O2. The number of rotatable bonds is 4. The Morgan fingerprint density at radius 2 is 1.90 bits per heavy atom. The third-order valence-electron chi connectivity index (χ3n) is 7.64. The molecule has 29 heavy (non-hydrogen) atoms. The van der Waals surface area contributed by atoms with Crippen LogP contribution < -0.4 is 10.9 Å². The number of fused-ring (bicyclic) bond motifs is 3. The maximum absolute atomic E-state index is 13.1. The lowest BCUT2D eigenvalue weighted by molar-refractivity contribution is -0.121. The standard InChI is InChI=1S/C24H31N3O2/c1-26-10-7-16(8-11-26)15-27-12-9-19-20(24(27)29)3-2-4-22(19)25-23(28)21-14-17-5-6-18(21)13-17/h2-4,9,12,16-18,21H,5-8,10-11,13-15H2,1H3,(H,25,28)/t17-,18+,21?/m1/s1. The summed E-state index contributed by atoms with van der Waals surface area (Å²) in [6.45, 7) is 2.99. The van der Waals surface area contributed by atoms with Gasteiger partial charge in [0.1, 0.15) is 0 Å². The lowest BCUT2D eigenvalue weighted by atomic mass is 9.88. The van der Waals surface area contributed by atoms with Crippen LogP contribution in [0.5, 0.6) is 0 Å². The average molecular weight is 394 g/mol. The molecule has 1 aromatic heterocycles. The molecule has 2 heterocycles. The molecule has 5 rings (SSSR count). The Bertz CT molecular complexity index is 974. The van der Waals surface area contributed by atoms with Crippen LogP contribution in [-0.4, -0.2) is 35.5 Å². The molecule has 2 saturated carbocycles. The maximum Gasteiger partial charge on any atom is 0.258 e. The molecule has 0 spiro atoms. The molecule has 2 aliphatic carbocycles. The second kappa shape index (κ2) is 7.60. The van der Waals surface area contributed by atoms with Crippen molar-refractivity contribution in [3.63, 3.8) is 0 Å². The zero-order valence-electron chi connectivity index (χ0n) is 17.3. The second-order valence-corrected chi connectivity index (χ2v) is 9.56. The molecule has 1 N–H and O–H groups in total. The number of likely N-dealkylation sites (tertiary alicyclic amines) is 1. The van der Waals surface area contributed by atoms with Gasteiger partial charge < -0.3 is 14.8 Å². The van der Waals surface area contributed by atoms with E-state index in [1.54, 1.807) is 0 Å². The number of carbonyl (C=O) groups is 1. The summed E-state index contributed by atoms with van der Waals surface area (Å²) < 4.78 is 1.86. The molecule has 1 aliphatic heterocycles. The largest absolute Gasteiger partial charge is 0.325 e. The molecule has 2 bridgehead atoms. The van der Waals surface area contributed by atoms with Crippen molar-refractivity contribution < 1.29 is 4.79 Å². The van der Waals surface area contributed by atoms with E-state index in [9.17, 15) is 9.59 Å². The van der Waals surface area contributed by atoms with Crippen LogP contribution in [0.2, 0.25) is 0 Å². The minimum atomic E-state index is 0.0532. The van der Waals surface area contributed by atoms with Gasteiger partial charge in [-0.05, 0) is 88.2 Å². The number of nitrogens with zero attached hydrogens (tertiary/aromatic N) is 2. The van der Waals surface area contributed by atoms with E-state index in [1.165, 1.54) is 19.3 Å². The van der Waals surface area contributed by atoms with Crippen molar-refractivity contribution in [1.82, 2.24) is 9.47 Å². The highest BCUT2D eigenvalue weighted by Crippen LogP contribution is 2.48. The molecule has 0 radical (unpaired) electrons. The maximum atomic E-state index is 13.1. The fraction of sp³-hybridized carbons (Fsp3) is 0.583. The molecule has 3 fully saturated rings. The summed E-state index contributed by atoms with van der Waals surface area (Å²) in [5, 5.41) is 4.71. The number of hydrogen-bond acceptors (Lipinski definition) is 3. The quantitative estimate of drug-likeness (QED) is 0.861. The molecular weight excluding hydrogens is 362 g/mol. The number of pyridine rings is 1. The second-order valence-electron chi connectivity index (χ2n) is 9.56. The van der Waals surface area contributed by atoms with Gasteiger partial charge in [-0.15, -0.1) is 0 Å².